The Labute approximate surface area is 120 Å². The van der Waals surface area contributed by atoms with Crippen LogP contribution in [0.15, 0.2) is 0 Å². The van der Waals surface area contributed by atoms with Gasteiger partial charge in [0.2, 0.25) is 0 Å². The minimum absolute atomic E-state index is 0.0503. The number of hydrogen-bond acceptors (Lipinski definition) is 5. The van der Waals surface area contributed by atoms with Crippen LogP contribution in [0.4, 0.5) is 4.79 Å². The van der Waals surface area contributed by atoms with Crippen molar-refractivity contribution >= 4 is 16.3 Å². The van der Waals surface area contributed by atoms with Crippen molar-refractivity contribution in [3.05, 3.63) is 0 Å². The van der Waals surface area contributed by atoms with Crippen molar-refractivity contribution in [3.63, 3.8) is 0 Å². The van der Waals surface area contributed by atoms with Gasteiger partial charge in [-0.05, 0) is 32.6 Å². The molecular weight excluding hydrogens is 282 g/mol. The number of fused-ring (bicyclic) bond motifs is 2. The van der Waals surface area contributed by atoms with Crippen LogP contribution < -0.4 is 10.0 Å². The smallest absolute Gasteiger partial charge is 0.421 e. The van der Waals surface area contributed by atoms with E-state index < -0.39 is 16.3 Å². The van der Waals surface area contributed by atoms with Crippen LogP contribution in [0.2, 0.25) is 0 Å². The van der Waals surface area contributed by atoms with Crippen molar-refractivity contribution in [1.82, 2.24) is 14.3 Å². The molecule has 0 aromatic carbocycles. The van der Waals surface area contributed by atoms with Crippen molar-refractivity contribution in [2.24, 2.45) is 0 Å². The Morgan fingerprint density at radius 1 is 1.30 bits per heavy atom. The minimum Gasteiger partial charge on any atom is -0.449 e. The second kappa shape index (κ2) is 6.28. The number of carbonyl (C=O) groups is 1. The van der Waals surface area contributed by atoms with Crippen molar-refractivity contribution in [1.29, 1.82) is 0 Å². The Morgan fingerprint density at radius 3 is 2.40 bits per heavy atom. The number of rotatable bonds is 5. The van der Waals surface area contributed by atoms with Gasteiger partial charge in [0.05, 0.1) is 6.61 Å². The summed E-state index contributed by atoms with van der Waals surface area (Å²) in [5.74, 6) is 0. The molecule has 2 aliphatic rings. The fraction of sp³-hybridized carbons (Fsp3) is 0.917. The van der Waals surface area contributed by atoms with Gasteiger partial charge in [-0.1, -0.05) is 6.92 Å². The highest BCUT2D eigenvalue weighted by Crippen LogP contribution is 2.30. The van der Waals surface area contributed by atoms with E-state index in [0.717, 1.165) is 25.7 Å². The third-order valence-electron chi connectivity index (χ3n) is 3.96. The summed E-state index contributed by atoms with van der Waals surface area (Å²) in [4.78, 5) is 11.4. The average Bonchev–Trinajstić information content (AvgIpc) is 2.68. The summed E-state index contributed by atoms with van der Waals surface area (Å²) in [6, 6.07) is 0.738. The van der Waals surface area contributed by atoms with Crippen LogP contribution >= 0.6 is 0 Å². The summed E-state index contributed by atoms with van der Waals surface area (Å²) in [6.45, 7) is 3.91. The quantitative estimate of drug-likeness (QED) is 0.776. The van der Waals surface area contributed by atoms with Gasteiger partial charge in [-0.15, -0.1) is 0 Å². The van der Waals surface area contributed by atoms with Gasteiger partial charge >= 0.3 is 16.3 Å². The first-order valence-corrected chi connectivity index (χ1v) is 8.62. The number of piperidine rings is 1. The predicted molar refractivity (Wildman–Crippen MR) is 74.4 cm³/mol. The second-order valence-electron chi connectivity index (χ2n) is 5.29. The number of amides is 1. The lowest BCUT2D eigenvalue weighted by molar-refractivity contribution is 0.157. The first-order valence-electron chi connectivity index (χ1n) is 7.18. The van der Waals surface area contributed by atoms with Crippen molar-refractivity contribution in [2.45, 2.75) is 57.7 Å². The summed E-state index contributed by atoms with van der Waals surface area (Å²) in [5.41, 5.74) is 0. The molecule has 2 N–H and O–H groups in total. The fourth-order valence-electron chi connectivity index (χ4n) is 3.21. The highest BCUT2D eigenvalue weighted by atomic mass is 32.2. The Bertz CT molecular complexity index is 442. The summed E-state index contributed by atoms with van der Waals surface area (Å²) in [6.07, 6.45) is 2.89. The molecule has 116 valence electrons. The van der Waals surface area contributed by atoms with E-state index in [1.54, 1.807) is 13.8 Å². The molecule has 0 radical (unpaired) electrons. The fourth-order valence-corrected chi connectivity index (χ4v) is 4.50. The van der Waals surface area contributed by atoms with Crippen LogP contribution in [0, 0.1) is 0 Å². The molecule has 1 amide bonds. The molecular formula is C12H23N3O4S. The normalized spacial score (nSPS) is 29.4. The second-order valence-corrected chi connectivity index (χ2v) is 6.92. The Hall–Kier alpha value is -0.860. The van der Waals surface area contributed by atoms with Crippen molar-refractivity contribution < 1.29 is 17.9 Å². The van der Waals surface area contributed by atoms with Crippen LogP contribution in [0.1, 0.15) is 39.5 Å². The van der Waals surface area contributed by atoms with Gasteiger partial charge in [0, 0.05) is 24.7 Å². The van der Waals surface area contributed by atoms with E-state index in [0.29, 0.717) is 18.6 Å². The molecule has 0 aromatic rings. The van der Waals surface area contributed by atoms with Crippen LogP contribution in [-0.2, 0) is 14.9 Å². The molecule has 2 saturated heterocycles. The maximum absolute atomic E-state index is 12.3. The summed E-state index contributed by atoms with van der Waals surface area (Å²) >= 11 is 0. The molecule has 2 unspecified atom stereocenters. The van der Waals surface area contributed by atoms with E-state index in [1.165, 1.54) is 4.31 Å². The lowest BCUT2D eigenvalue weighted by atomic mass is 10.00. The molecule has 2 rings (SSSR count). The third kappa shape index (κ3) is 3.42. The molecule has 7 nitrogen and oxygen atoms in total. The Balaban J connectivity index is 2.05. The maximum atomic E-state index is 12.3. The lowest BCUT2D eigenvalue weighted by Crippen LogP contribution is -2.53. The molecule has 8 heteroatoms. The molecule has 2 bridgehead atoms. The largest absolute Gasteiger partial charge is 0.449 e. The lowest BCUT2D eigenvalue weighted by Gasteiger charge is -2.36. The van der Waals surface area contributed by atoms with Gasteiger partial charge in [0.25, 0.3) is 0 Å². The van der Waals surface area contributed by atoms with E-state index in [1.807, 2.05) is 4.72 Å². The van der Waals surface area contributed by atoms with Gasteiger partial charge in [-0.2, -0.15) is 12.7 Å². The number of hydrogen-bond donors (Lipinski definition) is 2. The first kappa shape index (κ1) is 15.5. The van der Waals surface area contributed by atoms with Gasteiger partial charge in [-0.25, -0.2) is 9.52 Å². The monoisotopic (exact) mass is 305 g/mol. The van der Waals surface area contributed by atoms with Crippen molar-refractivity contribution in [2.75, 3.05) is 13.2 Å². The first-order chi connectivity index (χ1) is 9.46. The zero-order chi connectivity index (χ0) is 14.8. The van der Waals surface area contributed by atoms with Crippen LogP contribution in [0.25, 0.3) is 0 Å². The highest BCUT2D eigenvalue weighted by Gasteiger charge is 2.39. The van der Waals surface area contributed by atoms with Crippen molar-refractivity contribution in [3.8, 4) is 0 Å². The molecule has 0 saturated carbocycles. The number of carbonyl (C=O) groups excluding carboxylic acids is 1. The van der Waals surface area contributed by atoms with Gasteiger partial charge in [-0.3, -0.25) is 0 Å². The molecule has 0 aromatic heterocycles. The highest BCUT2D eigenvalue weighted by molar-refractivity contribution is 7.87. The molecule has 0 aliphatic carbocycles. The maximum Gasteiger partial charge on any atom is 0.421 e. The van der Waals surface area contributed by atoms with E-state index in [9.17, 15) is 13.2 Å². The average molecular weight is 305 g/mol. The SMILES string of the molecule is CCOC(=O)NS(=O)(=O)N(CC)C1CC2CCC(C1)N2. The summed E-state index contributed by atoms with van der Waals surface area (Å²) in [7, 11) is -3.83. The van der Waals surface area contributed by atoms with E-state index >= 15 is 0 Å². The number of nitrogens with one attached hydrogen (secondary N) is 2. The predicted octanol–water partition coefficient (Wildman–Crippen LogP) is 0.582. The van der Waals surface area contributed by atoms with Gasteiger partial charge in [0.15, 0.2) is 0 Å². The summed E-state index contributed by atoms with van der Waals surface area (Å²) in [5, 5.41) is 3.48. The molecule has 0 spiro atoms. The molecule has 2 atom stereocenters. The Morgan fingerprint density at radius 2 is 1.90 bits per heavy atom. The zero-order valence-electron chi connectivity index (χ0n) is 12.0. The van der Waals surface area contributed by atoms with Crippen LogP contribution in [-0.4, -0.2) is 50.1 Å². The zero-order valence-corrected chi connectivity index (χ0v) is 12.8. The molecule has 2 fully saturated rings. The van der Waals surface area contributed by atoms with E-state index in [4.69, 9.17) is 0 Å². The van der Waals surface area contributed by atoms with Gasteiger partial charge < -0.3 is 10.1 Å². The Kier molecular flexibility index (Phi) is 4.87. The van der Waals surface area contributed by atoms with Crippen LogP contribution in [0.3, 0.4) is 0 Å². The topological polar surface area (TPSA) is 87.7 Å². The summed E-state index contributed by atoms with van der Waals surface area (Å²) < 4.78 is 32.6. The standard InChI is InChI=1S/C12H23N3O4S/c1-3-15(20(17,18)14-12(16)19-4-2)11-7-9-5-6-10(8-11)13-9/h9-11,13H,3-8H2,1-2H3,(H,14,16). The van der Waals surface area contributed by atoms with E-state index in [-0.39, 0.29) is 12.6 Å². The van der Waals surface area contributed by atoms with Crippen LogP contribution in [0.5, 0.6) is 0 Å². The van der Waals surface area contributed by atoms with E-state index in [2.05, 4.69) is 10.1 Å². The third-order valence-corrected chi connectivity index (χ3v) is 5.56. The molecule has 20 heavy (non-hydrogen) atoms. The number of nitrogens with zero attached hydrogens (tertiary/aromatic N) is 1. The molecule has 2 aliphatic heterocycles. The molecule has 2 heterocycles. The minimum atomic E-state index is -3.83. The van der Waals surface area contributed by atoms with Gasteiger partial charge in [0.1, 0.15) is 0 Å². The number of ether oxygens (including phenoxy) is 1.